The molecule has 0 aliphatic heterocycles. The van der Waals surface area contributed by atoms with Crippen LogP contribution in [0.3, 0.4) is 0 Å². The first-order valence-corrected chi connectivity index (χ1v) is 6.78. The first kappa shape index (κ1) is 15.9. The zero-order valence-corrected chi connectivity index (χ0v) is 11.9. The molecule has 0 aromatic heterocycles. The van der Waals surface area contributed by atoms with Crippen LogP contribution in [-0.2, 0) is 15.7 Å². The van der Waals surface area contributed by atoms with Crippen molar-refractivity contribution in [2.24, 2.45) is 0 Å². The molecule has 1 aromatic rings. The van der Waals surface area contributed by atoms with Gasteiger partial charge in [-0.1, -0.05) is 0 Å². The summed E-state index contributed by atoms with van der Waals surface area (Å²) in [5.41, 5.74) is 0.602. The van der Waals surface area contributed by atoms with Crippen molar-refractivity contribution >= 4 is 28.2 Å². The van der Waals surface area contributed by atoms with Gasteiger partial charge in [-0.15, -0.1) is 0 Å². The highest BCUT2D eigenvalue weighted by Crippen LogP contribution is 2.15. The van der Waals surface area contributed by atoms with Crippen molar-refractivity contribution in [3.05, 3.63) is 34.4 Å². The molecule has 0 aliphatic carbocycles. The molecule has 0 atom stereocenters. The first-order chi connectivity index (χ1) is 7.49. The van der Waals surface area contributed by atoms with Crippen molar-refractivity contribution in [1.29, 1.82) is 0 Å². The topological polar surface area (TPSA) is 72.2 Å². The zero-order valence-electron chi connectivity index (χ0n) is 9.47. The molecule has 1 amide bonds. The standard InChI is InChI=1S/C10H12N2O3S.BrH/c1-16(2)7-10(13)11-8-3-5-9(6-4-8)12(14)15;/h3-6H,7H2,1-2H3;1H. The van der Waals surface area contributed by atoms with Crippen LogP contribution in [0.1, 0.15) is 0 Å². The summed E-state index contributed by atoms with van der Waals surface area (Å²) in [6.07, 6.45) is 3.96. The number of amides is 1. The Labute approximate surface area is 113 Å². The Kier molecular flexibility index (Phi) is 6.82. The van der Waals surface area contributed by atoms with E-state index in [1.54, 1.807) is 0 Å². The van der Waals surface area contributed by atoms with E-state index in [2.05, 4.69) is 5.32 Å². The predicted octanol–water partition coefficient (Wildman–Crippen LogP) is -1.58. The summed E-state index contributed by atoms with van der Waals surface area (Å²) < 4.78 is 0. The second-order valence-electron chi connectivity index (χ2n) is 3.48. The number of carbonyl (C=O) groups is 1. The van der Waals surface area contributed by atoms with Gasteiger partial charge in [0.2, 0.25) is 0 Å². The van der Waals surface area contributed by atoms with Crippen molar-refractivity contribution in [3.8, 4) is 0 Å². The highest BCUT2D eigenvalue weighted by molar-refractivity contribution is 7.96. The predicted molar refractivity (Wildman–Crippen MR) is 65.8 cm³/mol. The van der Waals surface area contributed by atoms with Crippen LogP contribution in [0.4, 0.5) is 11.4 Å². The van der Waals surface area contributed by atoms with Gasteiger partial charge in [-0.05, 0) is 23.0 Å². The lowest BCUT2D eigenvalue weighted by molar-refractivity contribution is -0.384. The molecule has 1 aromatic carbocycles. The summed E-state index contributed by atoms with van der Waals surface area (Å²) in [5, 5.41) is 13.1. The van der Waals surface area contributed by atoms with E-state index in [4.69, 9.17) is 0 Å². The maximum atomic E-state index is 11.4. The van der Waals surface area contributed by atoms with Gasteiger partial charge in [-0.25, -0.2) is 0 Å². The van der Waals surface area contributed by atoms with Crippen LogP contribution in [0.15, 0.2) is 24.3 Å². The van der Waals surface area contributed by atoms with Crippen LogP contribution in [0, 0.1) is 10.1 Å². The summed E-state index contributed by atoms with van der Waals surface area (Å²) in [6.45, 7) is 0. The van der Waals surface area contributed by atoms with E-state index in [1.807, 2.05) is 12.5 Å². The van der Waals surface area contributed by atoms with Gasteiger partial charge in [0.1, 0.15) is 0 Å². The van der Waals surface area contributed by atoms with Crippen molar-refractivity contribution in [2.45, 2.75) is 0 Å². The number of nitrogens with one attached hydrogen (secondary N) is 1. The molecule has 17 heavy (non-hydrogen) atoms. The maximum absolute atomic E-state index is 11.4. The molecule has 0 heterocycles. The van der Waals surface area contributed by atoms with Crippen molar-refractivity contribution in [3.63, 3.8) is 0 Å². The lowest BCUT2D eigenvalue weighted by Crippen LogP contribution is -3.00. The van der Waals surface area contributed by atoms with Gasteiger partial charge in [0.15, 0.2) is 5.75 Å². The summed E-state index contributed by atoms with van der Waals surface area (Å²) in [6, 6.07) is 5.79. The third-order valence-electron chi connectivity index (χ3n) is 1.78. The number of hydrogen-bond acceptors (Lipinski definition) is 3. The monoisotopic (exact) mass is 320 g/mol. The molecule has 0 fully saturated rings. The number of nitro benzene ring substituents is 1. The Hall–Kier alpha value is -1.08. The molecule has 1 N–H and O–H groups in total. The number of benzene rings is 1. The van der Waals surface area contributed by atoms with Crippen LogP contribution in [0.25, 0.3) is 0 Å². The average molecular weight is 321 g/mol. The van der Waals surface area contributed by atoms with Crippen LogP contribution in [0.2, 0.25) is 0 Å². The second-order valence-corrected chi connectivity index (χ2v) is 5.74. The fourth-order valence-corrected chi connectivity index (χ4v) is 1.72. The molecule has 0 aliphatic rings. The number of non-ortho nitro benzene ring substituents is 1. The molecular weight excluding hydrogens is 308 g/mol. The fraction of sp³-hybridized carbons (Fsp3) is 0.300. The lowest BCUT2D eigenvalue weighted by Gasteiger charge is -2.02. The number of hydrogen-bond donors (Lipinski definition) is 1. The smallest absolute Gasteiger partial charge is 0.274 e. The summed E-state index contributed by atoms with van der Waals surface area (Å²) >= 11 is 0. The molecule has 1 rings (SSSR count). The third-order valence-corrected chi connectivity index (χ3v) is 2.62. The van der Waals surface area contributed by atoms with E-state index in [1.165, 1.54) is 24.3 Å². The van der Waals surface area contributed by atoms with Crippen LogP contribution < -0.4 is 22.3 Å². The number of nitro groups is 1. The van der Waals surface area contributed by atoms with Gasteiger partial charge in [0.25, 0.3) is 11.6 Å². The third kappa shape index (κ3) is 5.69. The normalized spacial score (nSPS) is 9.59. The Morgan fingerprint density at radius 1 is 1.35 bits per heavy atom. The largest absolute Gasteiger partial charge is 1.00 e. The maximum Gasteiger partial charge on any atom is 0.274 e. The number of rotatable bonds is 4. The highest BCUT2D eigenvalue weighted by atomic mass is 79.9. The van der Waals surface area contributed by atoms with Gasteiger partial charge in [-0.3, -0.25) is 14.9 Å². The quantitative estimate of drug-likeness (QED) is 0.413. The Bertz CT molecular complexity index is 395. The van der Waals surface area contributed by atoms with Gasteiger partial charge < -0.3 is 22.3 Å². The molecule has 7 heteroatoms. The van der Waals surface area contributed by atoms with Gasteiger partial charge >= 0.3 is 0 Å². The van der Waals surface area contributed by atoms with Crippen molar-refractivity contribution < 1.29 is 26.7 Å². The van der Waals surface area contributed by atoms with Crippen LogP contribution in [0.5, 0.6) is 0 Å². The highest BCUT2D eigenvalue weighted by Gasteiger charge is 2.12. The average Bonchev–Trinajstić information content (AvgIpc) is 2.16. The van der Waals surface area contributed by atoms with Gasteiger partial charge in [-0.2, -0.15) is 0 Å². The van der Waals surface area contributed by atoms with Gasteiger partial charge in [0.05, 0.1) is 17.4 Å². The van der Waals surface area contributed by atoms with E-state index >= 15 is 0 Å². The molecule has 94 valence electrons. The number of anilines is 1. The van der Waals surface area contributed by atoms with Crippen molar-refractivity contribution in [1.82, 2.24) is 0 Å². The minimum atomic E-state index is -0.471. The van der Waals surface area contributed by atoms with Gasteiger partial charge in [0, 0.05) is 17.8 Å². The van der Waals surface area contributed by atoms with E-state index in [9.17, 15) is 14.9 Å². The fourth-order valence-electron chi connectivity index (χ4n) is 1.13. The minimum Gasteiger partial charge on any atom is -1.00 e. The SMILES string of the molecule is C[S+](C)CC(=O)Nc1ccc([N+](=O)[O-])cc1.[Br-]. The first-order valence-electron chi connectivity index (χ1n) is 4.57. The van der Waals surface area contributed by atoms with Crippen LogP contribution in [-0.4, -0.2) is 29.1 Å². The molecule has 0 saturated carbocycles. The Morgan fingerprint density at radius 2 is 1.88 bits per heavy atom. The number of halogens is 1. The molecule has 0 bridgehead atoms. The van der Waals surface area contributed by atoms with E-state index in [0.717, 1.165) is 0 Å². The number of nitrogens with zero attached hydrogens (tertiary/aromatic N) is 1. The van der Waals surface area contributed by atoms with E-state index in [-0.39, 0.29) is 39.5 Å². The van der Waals surface area contributed by atoms with Crippen molar-refractivity contribution in [2.75, 3.05) is 23.6 Å². The number of carbonyl (C=O) groups excluding carboxylic acids is 1. The minimum absolute atomic E-state index is 0. The lowest BCUT2D eigenvalue weighted by atomic mass is 10.3. The summed E-state index contributed by atoms with van der Waals surface area (Å²) in [7, 11) is 0.0487. The molecule has 0 radical (unpaired) electrons. The molecule has 0 saturated heterocycles. The summed E-state index contributed by atoms with van der Waals surface area (Å²) in [4.78, 5) is 21.3. The zero-order chi connectivity index (χ0) is 12.1. The second kappa shape index (κ2) is 7.29. The molecule has 0 spiro atoms. The Morgan fingerprint density at radius 3 is 2.29 bits per heavy atom. The molecule has 5 nitrogen and oxygen atoms in total. The molecular formula is C10H13BrN2O3S. The van der Waals surface area contributed by atoms with E-state index in [0.29, 0.717) is 11.4 Å². The Balaban J connectivity index is 0.00000256. The van der Waals surface area contributed by atoms with E-state index < -0.39 is 4.92 Å². The molecule has 0 unspecified atom stereocenters. The summed E-state index contributed by atoms with van der Waals surface area (Å²) in [5.74, 6) is 0.402. The van der Waals surface area contributed by atoms with Crippen LogP contribution >= 0.6 is 0 Å².